The first-order chi connectivity index (χ1) is 5.16. The highest BCUT2D eigenvalue weighted by molar-refractivity contribution is 5.67. The van der Waals surface area contributed by atoms with E-state index >= 15 is 0 Å². The maximum atomic E-state index is 9.99. The number of ether oxygens (including phenoxy) is 1. The second kappa shape index (κ2) is 6.16. The van der Waals surface area contributed by atoms with E-state index in [0.29, 0.717) is 12.5 Å². The summed E-state index contributed by atoms with van der Waals surface area (Å²) in [5.41, 5.74) is 0. The van der Waals surface area contributed by atoms with Crippen molar-refractivity contribution in [3.63, 3.8) is 0 Å². The number of carbonyl (C=O) groups is 1. The Hall–Kier alpha value is -0.570. The molecule has 0 aliphatic rings. The van der Waals surface area contributed by atoms with E-state index in [-0.39, 0.29) is 6.61 Å². The summed E-state index contributed by atoms with van der Waals surface area (Å²) >= 11 is 0. The summed E-state index contributed by atoms with van der Waals surface area (Å²) in [5, 5.41) is 8.21. The lowest BCUT2D eigenvalue weighted by molar-refractivity contribution is -0.142. The summed E-state index contributed by atoms with van der Waals surface area (Å²) in [6.45, 7) is 4.63. The van der Waals surface area contributed by atoms with Gasteiger partial charge in [0.05, 0.1) is 0 Å². The van der Waals surface area contributed by atoms with E-state index in [0.717, 1.165) is 12.8 Å². The number of rotatable bonds is 6. The van der Waals surface area contributed by atoms with Crippen LogP contribution in [0.25, 0.3) is 0 Å². The van der Waals surface area contributed by atoms with Gasteiger partial charge in [-0.3, -0.25) is 0 Å². The maximum absolute atomic E-state index is 9.99. The zero-order valence-corrected chi connectivity index (χ0v) is 7.17. The molecule has 3 heteroatoms. The van der Waals surface area contributed by atoms with Gasteiger partial charge in [-0.25, -0.2) is 4.79 Å². The van der Waals surface area contributed by atoms with Gasteiger partial charge < -0.3 is 9.84 Å². The molecule has 0 fully saturated rings. The summed E-state index contributed by atoms with van der Waals surface area (Å²) in [7, 11) is 0. The molecule has 0 aromatic carbocycles. The van der Waals surface area contributed by atoms with Gasteiger partial charge >= 0.3 is 5.97 Å². The number of aliphatic carboxylic acids is 1. The van der Waals surface area contributed by atoms with Crippen LogP contribution in [0.4, 0.5) is 0 Å². The van der Waals surface area contributed by atoms with Crippen LogP contribution in [0.3, 0.4) is 0 Å². The van der Waals surface area contributed by atoms with Crippen LogP contribution in [0.1, 0.15) is 26.7 Å². The van der Waals surface area contributed by atoms with Crippen LogP contribution >= 0.6 is 0 Å². The lowest BCUT2D eigenvalue weighted by Gasteiger charge is -2.06. The first-order valence-electron chi connectivity index (χ1n) is 3.96. The molecule has 0 aromatic rings. The first kappa shape index (κ1) is 10.4. The Kier molecular flexibility index (Phi) is 5.84. The Labute approximate surface area is 67.4 Å². The monoisotopic (exact) mass is 160 g/mol. The van der Waals surface area contributed by atoms with Gasteiger partial charge in [-0.05, 0) is 12.3 Å². The standard InChI is InChI=1S/C8H16O3/c1-3-7(2)4-5-11-6-8(9)10/h7H,3-6H2,1-2H3,(H,9,10). The molecule has 0 heterocycles. The summed E-state index contributed by atoms with van der Waals surface area (Å²) in [5.74, 6) is -0.266. The van der Waals surface area contributed by atoms with Crippen molar-refractivity contribution < 1.29 is 14.6 Å². The van der Waals surface area contributed by atoms with E-state index in [9.17, 15) is 4.79 Å². The summed E-state index contributed by atoms with van der Waals surface area (Å²) < 4.78 is 4.87. The van der Waals surface area contributed by atoms with Gasteiger partial charge in [0.25, 0.3) is 0 Å². The van der Waals surface area contributed by atoms with Gasteiger partial charge in [-0.1, -0.05) is 20.3 Å². The Morgan fingerprint density at radius 3 is 2.73 bits per heavy atom. The lowest BCUT2D eigenvalue weighted by Crippen LogP contribution is -2.09. The second-order valence-electron chi connectivity index (χ2n) is 2.75. The fraction of sp³-hybridized carbons (Fsp3) is 0.875. The third-order valence-electron chi connectivity index (χ3n) is 1.68. The molecule has 3 nitrogen and oxygen atoms in total. The molecular weight excluding hydrogens is 144 g/mol. The van der Waals surface area contributed by atoms with Gasteiger partial charge in [0.1, 0.15) is 6.61 Å². The van der Waals surface area contributed by atoms with Crippen molar-refractivity contribution >= 4 is 5.97 Å². The molecule has 66 valence electrons. The van der Waals surface area contributed by atoms with E-state index in [1.54, 1.807) is 0 Å². The van der Waals surface area contributed by atoms with E-state index in [4.69, 9.17) is 9.84 Å². The van der Waals surface area contributed by atoms with Gasteiger partial charge in [0.15, 0.2) is 0 Å². The van der Waals surface area contributed by atoms with E-state index in [2.05, 4.69) is 13.8 Å². The van der Waals surface area contributed by atoms with Crippen molar-refractivity contribution in [1.29, 1.82) is 0 Å². The minimum atomic E-state index is -0.894. The molecule has 0 aliphatic carbocycles. The van der Waals surface area contributed by atoms with Gasteiger partial charge in [-0.2, -0.15) is 0 Å². The van der Waals surface area contributed by atoms with Crippen LogP contribution in [0.15, 0.2) is 0 Å². The van der Waals surface area contributed by atoms with Crippen LogP contribution in [-0.4, -0.2) is 24.3 Å². The molecule has 0 radical (unpaired) electrons. The van der Waals surface area contributed by atoms with Crippen molar-refractivity contribution in [2.45, 2.75) is 26.7 Å². The van der Waals surface area contributed by atoms with E-state index in [1.165, 1.54) is 0 Å². The van der Waals surface area contributed by atoms with Crippen LogP contribution in [0, 0.1) is 5.92 Å². The molecule has 0 saturated carbocycles. The van der Waals surface area contributed by atoms with Crippen molar-refractivity contribution in [2.75, 3.05) is 13.2 Å². The molecule has 1 atom stereocenters. The summed E-state index contributed by atoms with van der Waals surface area (Å²) in [6.07, 6.45) is 2.07. The van der Waals surface area contributed by atoms with Crippen molar-refractivity contribution in [3.05, 3.63) is 0 Å². The molecule has 0 bridgehead atoms. The topological polar surface area (TPSA) is 46.5 Å². The zero-order valence-electron chi connectivity index (χ0n) is 7.17. The molecular formula is C8H16O3. The van der Waals surface area contributed by atoms with E-state index < -0.39 is 5.97 Å². The van der Waals surface area contributed by atoms with Crippen molar-refractivity contribution in [2.24, 2.45) is 5.92 Å². The van der Waals surface area contributed by atoms with Gasteiger partial charge in [0.2, 0.25) is 0 Å². The molecule has 1 unspecified atom stereocenters. The average molecular weight is 160 g/mol. The largest absolute Gasteiger partial charge is 0.480 e. The van der Waals surface area contributed by atoms with Gasteiger partial charge in [0, 0.05) is 6.61 Å². The zero-order chi connectivity index (χ0) is 8.69. The Bertz CT molecular complexity index is 112. The van der Waals surface area contributed by atoms with Crippen LogP contribution in [0.2, 0.25) is 0 Å². The van der Waals surface area contributed by atoms with Crippen LogP contribution in [-0.2, 0) is 9.53 Å². The maximum Gasteiger partial charge on any atom is 0.329 e. The predicted molar refractivity (Wildman–Crippen MR) is 42.5 cm³/mol. The van der Waals surface area contributed by atoms with Gasteiger partial charge in [-0.15, -0.1) is 0 Å². The lowest BCUT2D eigenvalue weighted by atomic mass is 10.1. The summed E-state index contributed by atoms with van der Waals surface area (Å²) in [4.78, 5) is 9.99. The minimum absolute atomic E-state index is 0.170. The molecule has 0 amide bonds. The van der Waals surface area contributed by atoms with Crippen molar-refractivity contribution in [3.8, 4) is 0 Å². The fourth-order valence-electron chi connectivity index (χ4n) is 0.648. The third-order valence-corrected chi connectivity index (χ3v) is 1.68. The molecule has 0 aromatic heterocycles. The molecule has 0 aliphatic heterocycles. The number of carboxylic acid groups (broad SMARTS) is 1. The molecule has 11 heavy (non-hydrogen) atoms. The third kappa shape index (κ3) is 7.33. The Morgan fingerprint density at radius 1 is 1.64 bits per heavy atom. The first-order valence-corrected chi connectivity index (χ1v) is 3.96. The van der Waals surface area contributed by atoms with Crippen molar-refractivity contribution in [1.82, 2.24) is 0 Å². The van der Waals surface area contributed by atoms with E-state index in [1.807, 2.05) is 0 Å². The smallest absolute Gasteiger partial charge is 0.329 e. The molecule has 0 rings (SSSR count). The second-order valence-corrected chi connectivity index (χ2v) is 2.75. The number of hydrogen-bond donors (Lipinski definition) is 1. The molecule has 1 N–H and O–H groups in total. The molecule has 0 saturated heterocycles. The summed E-state index contributed by atoms with van der Waals surface area (Å²) in [6, 6.07) is 0. The Balaban J connectivity index is 3.08. The van der Waals surface area contributed by atoms with Crippen LogP contribution < -0.4 is 0 Å². The molecule has 0 spiro atoms. The predicted octanol–water partition coefficient (Wildman–Crippen LogP) is 1.52. The SMILES string of the molecule is CCC(C)CCOCC(=O)O. The normalized spacial score (nSPS) is 12.9. The quantitative estimate of drug-likeness (QED) is 0.599. The minimum Gasteiger partial charge on any atom is -0.480 e. The fourth-order valence-corrected chi connectivity index (χ4v) is 0.648. The number of hydrogen-bond acceptors (Lipinski definition) is 2. The average Bonchev–Trinajstić information content (AvgIpc) is 1.97. The Morgan fingerprint density at radius 2 is 2.27 bits per heavy atom. The highest BCUT2D eigenvalue weighted by Crippen LogP contribution is 2.05. The highest BCUT2D eigenvalue weighted by atomic mass is 16.5. The number of carboxylic acids is 1. The van der Waals surface area contributed by atoms with Crippen LogP contribution in [0.5, 0.6) is 0 Å². The highest BCUT2D eigenvalue weighted by Gasteiger charge is 1.99.